The Morgan fingerprint density at radius 1 is 1.54 bits per heavy atom. The van der Waals surface area contributed by atoms with E-state index < -0.39 is 42.4 Å². The van der Waals surface area contributed by atoms with Crippen LogP contribution in [0.25, 0.3) is 0 Å². The molecule has 2 atom stereocenters. The second-order valence-electron chi connectivity index (χ2n) is 4.66. The van der Waals surface area contributed by atoms with Gasteiger partial charge in [-0.1, -0.05) is 4.99 Å². The molecule has 0 aliphatic carbocycles. The molecule has 0 spiro atoms. The van der Waals surface area contributed by atoms with Crippen molar-refractivity contribution in [3.63, 3.8) is 0 Å². The molecule has 132 valence electrons. The van der Waals surface area contributed by atoms with E-state index in [2.05, 4.69) is 10.3 Å². The van der Waals surface area contributed by atoms with Gasteiger partial charge in [-0.3, -0.25) is 15.9 Å². The average molecular weight is 343 g/mol. The molecule has 0 saturated carbocycles. The molecule has 11 heteroatoms. The van der Waals surface area contributed by atoms with E-state index in [1.807, 2.05) is 0 Å². The van der Waals surface area contributed by atoms with Crippen LogP contribution in [0.15, 0.2) is 15.5 Å². The quantitative estimate of drug-likeness (QED) is 0.231. The minimum absolute atomic E-state index is 0.0970. The number of aliphatic hydroxyl groups excluding tert-OH is 2. The van der Waals surface area contributed by atoms with Crippen molar-refractivity contribution in [1.82, 2.24) is 0 Å². The smallest absolute Gasteiger partial charge is 0.380 e. The number of carbonyl (C=O) groups is 2. The van der Waals surface area contributed by atoms with Gasteiger partial charge in [0, 0.05) is 20.1 Å². The van der Waals surface area contributed by atoms with Gasteiger partial charge in [-0.2, -0.15) is 0 Å². The Kier molecular flexibility index (Phi) is 6.58. The monoisotopic (exact) mass is 343 g/mol. The number of methoxy groups -OCH3 is 1. The van der Waals surface area contributed by atoms with Crippen molar-refractivity contribution in [2.45, 2.75) is 19.1 Å². The standard InChI is InChI=1S/C13H18N4O7/c1-5(19)16-9-6(17-13(14)15)3-8(12(21)22)24-11(9)10(23-2)7(20)4-18/h3,7,10,18,20H,4H2,1-2H3,(H3,14,15)(H,16,19)(H,21,22)/p+1/b17-6-/t7-,10-/m1/s1. The Hall–Kier alpha value is -2.76. The predicted octanol–water partition coefficient (Wildman–Crippen LogP) is -3.05. The first kappa shape index (κ1) is 19.3. The van der Waals surface area contributed by atoms with E-state index in [1.54, 1.807) is 0 Å². The second kappa shape index (κ2) is 8.19. The highest BCUT2D eigenvalue weighted by atomic mass is 16.5. The Balaban J connectivity index is 3.80. The Bertz CT molecular complexity index is 713. The van der Waals surface area contributed by atoms with Crippen LogP contribution in [0, 0.1) is 0 Å². The normalized spacial score (nSPS) is 14.1. The number of nitrogens with two attached hydrogens (primary N) is 2. The largest absolute Gasteiger partial charge is 0.475 e. The topological polar surface area (TPSA) is 193 Å². The van der Waals surface area contributed by atoms with Crippen LogP contribution in [0.5, 0.6) is 0 Å². The number of aromatic carboxylic acids is 1. The lowest BCUT2D eigenvalue weighted by Gasteiger charge is -2.21. The maximum absolute atomic E-state index is 11.4. The summed E-state index contributed by atoms with van der Waals surface area (Å²) in [5.41, 5.74) is 5.21. The summed E-state index contributed by atoms with van der Waals surface area (Å²) in [6, 6.07) is 0.995. The van der Waals surface area contributed by atoms with E-state index in [-0.39, 0.29) is 16.8 Å². The van der Waals surface area contributed by atoms with Gasteiger partial charge in [0.15, 0.2) is 11.1 Å². The minimum atomic E-state index is -1.46. The molecule has 0 aliphatic heterocycles. The van der Waals surface area contributed by atoms with Gasteiger partial charge in [0.05, 0.1) is 6.61 Å². The highest BCUT2D eigenvalue weighted by Crippen LogP contribution is 2.27. The van der Waals surface area contributed by atoms with Crippen LogP contribution in [0.3, 0.4) is 0 Å². The fourth-order valence-corrected chi connectivity index (χ4v) is 1.89. The molecule has 1 heterocycles. The van der Waals surface area contributed by atoms with E-state index in [0.29, 0.717) is 0 Å². The molecule has 1 aromatic heterocycles. The van der Waals surface area contributed by atoms with E-state index in [1.165, 1.54) is 14.0 Å². The van der Waals surface area contributed by atoms with Gasteiger partial charge >= 0.3 is 11.9 Å². The van der Waals surface area contributed by atoms with Crippen LogP contribution >= 0.6 is 0 Å². The molecular weight excluding hydrogens is 324 g/mol. The zero-order valence-corrected chi connectivity index (χ0v) is 13.0. The zero-order chi connectivity index (χ0) is 18.4. The molecule has 0 aromatic carbocycles. The van der Waals surface area contributed by atoms with Crippen molar-refractivity contribution < 1.29 is 39.5 Å². The van der Waals surface area contributed by atoms with Gasteiger partial charge in [0.2, 0.25) is 11.7 Å². The number of carbonyl (C=O) groups excluding carboxylic acids is 1. The number of guanidine groups is 1. The summed E-state index contributed by atoms with van der Waals surface area (Å²) < 4.78 is 10.3. The number of carboxylic acids is 1. The molecule has 0 bridgehead atoms. The van der Waals surface area contributed by atoms with E-state index in [9.17, 15) is 14.7 Å². The van der Waals surface area contributed by atoms with Crippen molar-refractivity contribution in [3.8, 4) is 0 Å². The summed E-state index contributed by atoms with van der Waals surface area (Å²) in [5, 5.41) is 35.7. The van der Waals surface area contributed by atoms with Crippen LogP contribution in [0.1, 0.15) is 29.3 Å². The number of aliphatic hydroxyl groups is 2. The zero-order valence-electron chi connectivity index (χ0n) is 13.0. The molecule has 0 saturated heterocycles. The summed E-state index contributed by atoms with van der Waals surface area (Å²) in [6.45, 7) is 0.487. The van der Waals surface area contributed by atoms with Crippen LogP contribution in [0.4, 0.5) is 5.69 Å². The maximum Gasteiger partial charge on any atom is 0.380 e. The van der Waals surface area contributed by atoms with E-state index in [0.717, 1.165) is 6.07 Å². The first-order valence-corrected chi connectivity index (χ1v) is 6.64. The van der Waals surface area contributed by atoms with E-state index in [4.69, 9.17) is 30.5 Å². The molecule has 0 aliphatic rings. The molecule has 11 nitrogen and oxygen atoms in total. The summed E-state index contributed by atoms with van der Waals surface area (Å²) in [5.74, 6) is -3.20. The van der Waals surface area contributed by atoms with Gasteiger partial charge in [0.1, 0.15) is 17.9 Å². The Morgan fingerprint density at radius 2 is 2.17 bits per heavy atom. The Labute approximate surface area is 135 Å². The first-order valence-electron chi connectivity index (χ1n) is 6.64. The maximum atomic E-state index is 11.4. The lowest BCUT2D eigenvalue weighted by Crippen LogP contribution is -2.45. The lowest BCUT2D eigenvalue weighted by molar-refractivity contribution is -0.117. The average Bonchev–Trinajstić information content (AvgIpc) is 2.49. The number of hydrogen-bond acceptors (Lipinski definition) is 6. The molecule has 0 unspecified atom stereocenters. The van der Waals surface area contributed by atoms with Crippen molar-refractivity contribution in [2.24, 2.45) is 10.7 Å². The molecule has 0 fully saturated rings. The SMILES string of the molecule is CO[C@@H](c1oc(C(=O)O)c/c(=N/C(N)=[NH2+])c1NC(C)=O)[C@H](O)CO. The third-order valence-electron chi connectivity index (χ3n) is 2.80. The third-order valence-corrected chi connectivity index (χ3v) is 2.80. The minimum Gasteiger partial charge on any atom is -0.475 e. The predicted molar refractivity (Wildman–Crippen MR) is 79.5 cm³/mol. The number of anilines is 1. The number of carboxylic acid groups (broad SMARTS) is 1. The highest BCUT2D eigenvalue weighted by molar-refractivity contribution is 5.90. The highest BCUT2D eigenvalue weighted by Gasteiger charge is 2.29. The third kappa shape index (κ3) is 4.62. The molecule has 0 radical (unpaired) electrons. The molecular formula is C13H19N4O7+. The lowest BCUT2D eigenvalue weighted by atomic mass is 10.1. The summed E-state index contributed by atoms with van der Waals surface area (Å²) in [7, 11) is 1.20. The number of amides is 1. The molecule has 1 amide bonds. The fraction of sp³-hybridized carbons (Fsp3) is 0.385. The molecule has 1 rings (SSSR count). The van der Waals surface area contributed by atoms with Crippen molar-refractivity contribution in [1.29, 1.82) is 0 Å². The van der Waals surface area contributed by atoms with Gasteiger partial charge in [-0.15, -0.1) is 0 Å². The van der Waals surface area contributed by atoms with Crippen molar-refractivity contribution in [3.05, 3.63) is 22.9 Å². The van der Waals surface area contributed by atoms with Crippen LogP contribution in [0.2, 0.25) is 0 Å². The van der Waals surface area contributed by atoms with Gasteiger partial charge in [-0.05, 0) is 0 Å². The van der Waals surface area contributed by atoms with E-state index >= 15 is 0 Å². The number of hydrogen-bond donors (Lipinski definition) is 6. The molecule has 1 aromatic rings. The van der Waals surface area contributed by atoms with Crippen LogP contribution in [-0.4, -0.2) is 53.0 Å². The summed E-state index contributed by atoms with van der Waals surface area (Å²) in [6.07, 6.45) is -2.74. The fourth-order valence-electron chi connectivity index (χ4n) is 1.89. The van der Waals surface area contributed by atoms with Crippen molar-refractivity contribution >= 4 is 23.5 Å². The van der Waals surface area contributed by atoms with Crippen LogP contribution in [-0.2, 0) is 9.53 Å². The van der Waals surface area contributed by atoms with Gasteiger partial charge in [-0.25, -0.2) is 4.79 Å². The summed E-state index contributed by atoms with van der Waals surface area (Å²) >= 11 is 0. The van der Waals surface area contributed by atoms with Gasteiger partial charge < -0.3 is 29.8 Å². The van der Waals surface area contributed by atoms with Crippen LogP contribution < -0.4 is 21.8 Å². The summed E-state index contributed by atoms with van der Waals surface area (Å²) in [4.78, 5) is 26.4. The number of nitrogens with one attached hydrogen (secondary N) is 1. The second-order valence-corrected chi connectivity index (χ2v) is 4.66. The van der Waals surface area contributed by atoms with Crippen molar-refractivity contribution in [2.75, 3.05) is 19.0 Å². The molecule has 8 N–H and O–H groups in total. The van der Waals surface area contributed by atoms with Gasteiger partial charge in [0.25, 0.3) is 0 Å². The first-order chi connectivity index (χ1) is 11.2. The number of nitrogens with zero attached hydrogens (tertiary/aromatic N) is 1. The number of rotatable bonds is 6. The molecule has 24 heavy (non-hydrogen) atoms. The number of ether oxygens (including phenoxy) is 1. The Morgan fingerprint density at radius 3 is 2.58 bits per heavy atom.